The standard InChI is InChI=1S/C19H18F3NO2S/c1-12(13-7-5-8-15(10-13)19(20,21)22)18(25-23)16-9-4-3-6-14(16)11-17(24)26-2/h3-10H,11,23H2,1-2H3. The normalized spacial score (nSPS) is 12.5. The maximum absolute atomic E-state index is 13.0. The molecule has 0 radical (unpaired) electrons. The number of hydrogen-bond acceptors (Lipinski definition) is 4. The summed E-state index contributed by atoms with van der Waals surface area (Å²) in [6.07, 6.45) is -2.59. The van der Waals surface area contributed by atoms with Crippen molar-refractivity contribution in [1.82, 2.24) is 0 Å². The Balaban J connectivity index is 2.55. The Morgan fingerprint density at radius 1 is 1.15 bits per heavy atom. The summed E-state index contributed by atoms with van der Waals surface area (Å²) in [4.78, 5) is 16.8. The predicted molar refractivity (Wildman–Crippen MR) is 97.9 cm³/mol. The molecule has 2 rings (SSSR count). The molecule has 0 aromatic heterocycles. The van der Waals surface area contributed by atoms with Gasteiger partial charge in [-0.25, -0.2) is 0 Å². The van der Waals surface area contributed by atoms with Gasteiger partial charge in [-0.3, -0.25) is 4.79 Å². The minimum absolute atomic E-state index is 0.0365. The first-order valence-corrected chi connectivity index (χ1v) is 8.90. The number of nitrogens with two attached hydrogens (primary N) is 1. The molecule has 0 spiro atoms. The number of hydrogen-bond donors (Lipinski definition) is 1. The summed E-state index contributed by atoms with van der Waals surface area (Å²) in [6.45, 7) is 1.63. The summed E-state index contributed by atoms with van der Waals surface area (Å²) in [5.41, 5.74) is 1.30. The lowest BCUT2D eigenvalue weighted by Gasteiger charge is -2.15. The van der Waals surface area contributed by atoms with E-state index in [4.69, 9.17) is 10.7 Å². The second-order valence-electron chi connectivity index (χ2n) is 5.56. The van der Waals surface area contributed by atoms with Crippen LogP contribution in [0.3, 0.4) is 0 Å². The van der Waals surface area contributed by atoms with Gasteiger partial charge in [0.2, 0.25) is 0 Å². The molecule has 0 heterocycles. The van der Waals surface area contributed by atoms with E-state index >= 15 is 0 Å². The van der Waals surface area contributed by atoms with E-state index in [9.17, 15) is 18.0 Å². The van der Waals surface area contributed by atoms with Gasteiger partial charge < -0.3 is 4.84 Å². The third-order valence-electron chi connectivity index (χ3n) is 3.91. The van der Waals surface area contributed by atoms with Gasteiger partial charge >= 0.3 is 6.18 Å². The maximum atomic E-state index is 13.0. The average molecular weight is 381 g/mol. The lowest BCUT2D eigenvalue weighted by atomic mass is 9.96. The van der Waals surface area contributed by atoms with Gasteiger partial charge in [-0.05, 0) is 36.4 Å². The van der Waals surface area contributed by atoms with Crippen LogP contribution in [0.15, 0.2) is 48.5 Å². The predicted octanol–water partition coefficient (Wildman–Crippen LogP) is 4.92. The van der Waals surface area contributed by atoms with Crippen molar-refractivity contribution < 1.29 is 22.8 Å². The number of alkyl halides is 3. The van der Waals surface area contributed by atoms with Crippen LogP contribution in [-0.2, 0) is 22.2 Å². The van der Waals surface area contributed by atoms with Crippen molar-refractivity contribution in [2.45, 2.75) is 19.5 Å². The number of halogens is 3. The minimum Gasteiger partial charge on any atom is -0.411 e. The van der Waals surface area contributed by atoms with Crippen molar-refractivity contribution in [3.05, 3.63) is 70.8 Å². The average Bonchev–Trinajstić information content (AvgIpc) is 2.62. The zero-order valence-corrected chi connectivity index (χ0v) is 15.1. The van der Waals surface area contributed by atoms with Crippen LogP contribution in [0.4, 0.5) is 13.2 Å². The largest absolute Gasteiger partial charge is 0.416 e. The smallest absolute Gasteiger partial charge is 0.411 e. The van der Waals surface area contributed by atoms with Crippen LogP contribution < -0.4 is 5.90 Å². The molecule has 0 bridgehead atoms. The lowest BCUT2D eigenvalue weighted by Crippen LogP contribution is -2.08. The van der Waals surface area contributed by atoms with Gasteiger partial charge in [0.25, 0.3) is 0 Å². The molecule has 0 atom stereocenters. The third kappa shape index (κ3) is 4.68. The number of carbonyl (C=O) groups excluding carboxylic acids is 1. The number of allylic oxidation sites excluding steroid dienone is 1. The molecule has 2 aromatic rings. The summed E-state index contributed by atoms with van der Waals surface area (Å²) < 4.78 is 38.9. The molecule has 0 fully saturated rings. The molecule has 2 N–H and O–H groups in total. The van der Waals surface area contributed by atoms with Crippen molar-refractivity contribution in [2.75, 3.05) is 6.26 Å². The molecule has 138 valence electrons. The highest BCUT2D eigenvalue weighted by molar-refractivity contribution is 8.13. The first-order chi connectivity index (χ1) is 12.3. The summed E-state index contributed by atoms with van der Waals surface area (Å²) >= 11 is 1.11. The van der Waals surface area contributed by atoms with Crippen LogP contribution in [0, 0.1) is 0 Å². The molecular weight excluding hydrogens is 363 g/mol. The van der Waals surface area contributed by atoms with Gasteiger partial charge in [0.15, 0.2) is 10.9 Å². The summed E-state index contributed by atoms with van der Waals surface area (Å²) in [5, 5.41) is -0.0365. The van der Waals surface area contributed by atoms with E-state index in [1.807, 2.05) is 0 Å². The van der Waals surface area contributed by atoms with Gasteiger partial charge in [-0.15, -0.1) is 0 Å². The quantitative estimate of drug-likeness (QED) is 0.454. The van der Waals surface area contributed by atoms with Crippen molar-refractivity contribution in [3.63, 3.8) is 0 Å². The Morgan fingerprint density at radius 3 is 2.46 bits per heavy atom. The van der Waals surface area contributed by atoms with Gasteiger partial charge in [0.1, 0.15) is 0 Å². The molecule has 2 aromatic carbocycles. The topological polar surface area (TPSA) is 52.3 Å². The fourth-order valence-corrected chi connectivity index (χ4v) is 2.84. The van der Waals surface area contributed by atoms with Crippen LogP contribution in [-0.4, -0.2) is 11.4 Å². The van der Waals surface area contributed by atoms with Gasteiger partial charge in [-0.1, -0.05) is 48.2 Å². The Morgan fingerprint density at radius 2 is 1.85 bits per heavy atom. The minimum atomic E-state index is -4.44. The maximum Gasteiger partial charge on any atom is 0.416 e. The van der Waals surface area contributed by atoms with E-state index in [-0.39, 0.29) is 17.3 Å². The summed E-state index contributed by atoms with van der Waals surface area (Å²) in [5.74, 6) is 5.66. The van der Waals surface area contributed by atoms with E-state index < -0.39 is 11.7 Å². The number of thioether (sulfide) groups is 1. The lowest BCUT2D eigenvalue weighted by molar-refractivity contribution is -0.137. The SMILES string of the molecule is CSC(=O)Cc1ccccc1C(ON)=C(C)c1cccc(C(F)(F)F)c1. The van der Waals surface area contributed by atoms with Crippen LogP contribution in [0.1, 0.15) is 29.2 Å². The van der Waals surface area contributed by atoms with Crippen molar-refractivity contribution in [2.24, 2.45) is 5.90 Å². The first kappa shape index (κ1) is 20.1. The van der Waals surface area contributed by atoms with Gasteiger partial charge in [0, 0.05) is 17.6 Å². The van der Waals surface area contributed by atoms with Gasteiger partial charge in [0.05, 0.1) is 5.56 Å². The Kier molecular flexibility index (Phi) is 6.50. The Hall–Kier alpha value is -2.25. The number of rotatable bonds is 5. The molecule has 26 heavy (non-hydrogen) atoms. The molecule has 7 heteroatoms. The van der Waals surface area contributed by atoms with Crippen molar-refractivity contribution >= 4 is 28.2 Å². The van der Waals surface area contributed by atoms with Crippen LogP contribution in [0.2, 0.25) is 0 Å². The summed E-state index contributed by atoms with van der Waals surface area (Å²) in [6, 6.07) is 12.0. The highest BCUT2D eigenvalue weighted by atomic mass is 32.2. The van der Waals surface area contributed by atoms with Crippen molar-refractivity contribution in [3.8, 4) is 0 Å². The van der Waals surface area contributed by atoms with Gasteiger partial charge in [-0.2, -0.15) is 19.1 Å². The molecule has 0 unspecified atom stereocenters. The monoisotopic (exact) mass is 381 g/mol. The van der Waals surface area contributed by atoms with Crippen LogP contribution >= 0.6 is 11.8 Å². The number of carbonyl (C=O) groups is 1. The van der Waals surface area contributed by atoms with E-state index in [1.165, 1.54) is 6.07 Å². The third-order valence-corrected chi connectivity index (χ3v) is 4.51. The molecule has 3 nitrogen and oxygen atoms in total. The highest BCUT2D eigenvalue weighted by Crippen LogP contribution is 2.33. The van der Waals surface area contributed by atoms with E-state index in [1.54, 1.807) is 43.5 Å². The second-order valence-corrected chi connectivity index (χ2v) is 6.42. The Bertz CT molecular complexity index is 832. The first-order valence-electron chi connectivity index (χ1n) is 7.68. The molecule has 0 saturated carbocycles. The fraction of sp³-hybridized carbons (Fsp3) is 0.211. The van der Waals surface area contributed by atoms with Crippen LogP contribution in [0.25, 0.3) is 11.3 Å². The zero-order valence-electron chi connectivity index (χ0n) is 14.3. The molecule has 0 aliphatic heterocycles. The van der Waals surface area contributed by atoms with E-state index in [0.29, 0.717) is 22.3 Å². The van der Waals surface area contributed by atoms with Crippen LogP contribution in [0.5, 0.6) is 0 Å². The number of benzene rings is 2. The van der Waals surface area contributed by atoms with Crippen molar-refractivity contribution in [1.29, 1.82) is 0 Å². The van der Waals surface area contributed by atoms with E-state index in [2.05, 4.69) is 0 Å². The molecule has 0 aliphatic rings. The molecule has 0 saturated heterocycles. The highest BCUT2D eigenvalue weighted by Gasteiger charge is 2.30. The second kappa shape index (κ2) is 8.42. The summed E-state index contributed by atoms with van der Waals surface area (Å²) in [7, 11) is 0. The zero-order chi connectivity index (χ0) is 19.3. The fourth-order valence-electron chi connectivity index (χ4n) is 2.54. The molecule has 0 aliphatic carbocycles. The Labute approximate surface area is 154 Å². The molecular formula is C19H18F3NO2S. The molecule has 0 amide bonds. The van der Waals surface area contributed by atoms with E-state index in [0.717, 1.165) is 23.9 Å².